The molecule has 0 aromatic heterocycles. The molecule has 0 saturated carbocycles. The molecule has 0 aliphatic rings. The maximum absolute atomic E-state index is 11.5. The van der Waals surface area contributed by atoms with Gasteiger partial charge in [0.2, 0.25) is 0 Å². The van der Waals surface area contributed by atoms with Crippen molar-refractivity contribution in [2.45, 2.75) is 85.2 Å². The number of rotatable bonds is 10. The summed E-state index contributed by atoms with van der Waals surface area (Å²) in [6.07, 6.45) is 9.87. The predicted molar refractivity (Wildman–Crippen MR) is 73.0 cm³/mol. The number of ether oxygens (including phenoxy) is 1. The number of unbranched alkanes of at least 4 members (excludes halogenated alkanes) is 5. The van der Waals surface area contributed by atoms with Gasteiger partial charge in [-0.3, -0.25) is 4.79 Å². The Morgan fingerprint density at radius 1 is 1.00 bits per heavy atom. The first kappa shape index (κ1) is 16.5. The van der Waals surface area contributed by atoms with E-state index in [-0.39, 0.29) is 18.0 Å². The maximum atomic E-state index is 11.5. The highest BCUT2D eigenvalue weighted by molar-refractivity contribution is 5.71. The molecule has 17 heavy (non-hydrogen) atoms. The van der Waals surface area contributed by atoms with E-state index < -0.39 is 0 Å². The number of hydrogen-bond acceptors (Lipinski definition) is 2. The number of carbonyl (C=O) groups is 1. The molecule has 1 atom stereocenters. The highest BCUT2D eigenvalue weighted by Gasteiger charge is 2.14. The van der Waals surface area contributed by atoms with Crippen molar-refractivity contribution in [1.29, 1.82) is 0 Å². The fourth-order valence-corrected chi connectivity index (χ4v) is 1.80. The van der Waals surface area contributed by atoms with Gasteiger partial charge in [-0.25, -0.2) is 0 Å². The van der Waals surface area contributed by atoms with E-state index in [1.165, 1.54) is 38.5 Å². The van der Waals surface area contributed by atoms with E-state index in [0.29, 0.717) is 0 Å². The van der Waals surface area contributed by atoms with Gasteiger partial charge in [-0.15, -0.1) is 0 Å². The van der Waals surface area contributed by atoms with Gasteiger partial charge in [-0.2, -0.15) is 0 Å². The summed E-state index contributed by atoms with van der Waals surface area (Å²) < 4.78 is 5.45. The molecule has 2 nitrogen and oxygen atoms in total. The van der Waals surface area contributed by atoms with Gasteiger partial charge in [0, 0.05) is 0 Å². The molecule has 0 aromatic carbocycles. The van der Waals surface area contributed by atoms with Crippen LogP contribution < -0.4 is 0 Å². The zero-order valence-corrected chi connectivity index (χ0v) is 12.1. The summed E-state index contributed by atoms with van der Waals surface area (Å²) >= 11 is 0. The van der Waals surface area contributed by atoms with Crippen LogP contribution in [0.15, 0.2) is 0 Å². The van der Waals surface area contributed by atoms with E-state index in [9.17, 15) is 4.79 Å². The fourth-order valence-electron chi connectivity index (χ4n) is 1.80. The summed E-state index contributed by atoms with van der Waals surface area (Å²) in [5.74, 6) is -0.0589. The minimum atomic E-state index is -0.0529. The number of hydrogen-bond donors (Lipinski definition) is 0. The Balaban J connectivity index is 3.58. The van der Waals surface area contributed by atoms with E-state index in [4.69, 9.17) is 4.74 Å². The maximum Gasteiger partial charge on any atom is 0.308 e. The molecule has 0 fully saturated rings. The van der Waals surface area contributed by atoms with E-state index in [1.807, 2.05) is 13.8 Å². The number of carbonyl (C=O) groups excluding carboxylic acids is 1. The Morgan fingerprint density at radius 2 is 1.59 bits per heavy atom. The van der Waals surface area contributed by atoms with Crippen molar-refractivity contribution in [2.24, 2.45) is 5.92 Å². The minimum Gasteiger partial charge on any atom is -0.462 e. The molecule has 1 unspecified atom stereocenters. The van der Waals surface area contributed by atoms with Crippen molar-refractivity contribution in [3.05, 3.63) is 0 Å². The molecule has 0 bridgehead atoms. The zero-order chi connectivity index (χ0) is 13.1. The number of esters is 1. The normalized spacial score (nSPS) is 12.8. The molecule has 0 radical (unpaired) electrons. The van der Waals surface area contributed by atoms with Crippen molar-refractivity contribution in [3.63, 3.8) is 0 Å². The van der Waals surface area contributed by atoms with Crippen LogP contribution >= 0.6 is 0 Å². The molecule has 0 spiro atoms. The molecule has 102 valence electrons. The van der Waals surface area contributed by atoms with Crippen molar-refractivity contribution in [1.82, 2.24) is 0 Å². The Labute approximate surface area is 107 Å². The quantitative estimate of drug-likeness (QED) is 0.409. The third kappa shape index (κ3) is 9.20. The lowest BCUT2D eigenvalue weighted by Gasteiger charge is -2.17. The van der Waals surface area contributed by atoms with Crippen LogP contribution in [0.25, 0.3) is 0 Å². The van der Waals surface area contributed by atoms with Gasteiger partial charge >= 0.3 is 5.97 Å². The van der Waals surface area contributed by atoms with Crippen LogP contribution in [0.5, 0.6) is 0 Å². The van der Waals surface area contributed by atoms with Crippen molar-refractivity contribution < 1.29 is 9.53 Å². The highest BCUT2D eigenvalue weighted by Crippen LogP contribution is 2.14. The first-order chi connectivity index (χ1) is 8.11. The van der Waals surface area contributed by atoms with Gasteiger partial charge in [0.25, 0.3) is 0 Å². The molecule has 0 N–H and O–H groups in total. The summed E-state index contributed by atoms with van der Waals surface area (Å²) in [6, 6.07) is 0. The van der Waals surface area contributed by atoms with Crippen molar-refractivity contribution >= 4 is 5.97 Å². The topological polar surface area (TPSA) is 26.3 Å². The van der Waals surface area contributed by atoms with Crippen LogP contribution in [-0.4, -0.2) is 12.1 Å². The van der Waals surface area contributed by atoms with Gasteiger partial charge < -0.3 is 4.74 Å². The molecular weight excluding hydrogens is 212 g/mol. The molecule has 0 aromatic rings. The van der Waals surface area contributed by atoms with Crippen LogP contribution in [0.3, 0.4) is 0 Å². The highest BCUT2D eigenvalue weighted by atomic mass is 16.5. The Bertz CT molecular complexity index is 187. The third-order valence-corrected chi connectivity index (χ3v) is 3.09. The molecule has 0 heterocycles. The van der Waals surface area contributed by atoms with Crippen molar-refractivity contribution in [2.75, 3.05) is 0 Å². The Hall–Kier alpha value is -0.530. The standard InChI is InChI=1S/C15H30O2/c1-5-7-8-9-10-11-12-14(6-2)17-15(16)13(3)4/h13-14H,5-12H2,1-4H3. The molecular formula is C15H30O2. The Kier molecular flexibility index (Phi) is 10.3. The first-order valence-corrected chi connectivity index (χ1v) is 7.32. The van der Waals surface area contributed by atoms with E-state index in [1.54, 1.807) is 0 Å². The van der Waals surface area contributed by atoms with Crippen LogP contribution in [0.2, 0.25) is 0 Å². The second-order valence-corrected chi connectivity index (χ2v) is 5.18. The smallest absolute Gasteiger partial charge is 0.308 e. The van der Waals surface area contributed by atoms with Crippen molar-refractivity contribution in [3.8, 4) is 0 Å². The summed E-state index contributed by atoms with van der Waals surface area (Å²) in [6.45, 7) is 8.10. The largest absolute Gasteiger partial charge is 0.462 e. The van der Waals surface area contributed by atoms with Crippen LogP contribution in [0.1, 0.15) is 79.1 Å². The average molecular weight is 242 g/mol. The summed E-state index contributed by atoms with van der Waals surface area (Å²) in [5, 5.41) is 0. The lowest BCUT2D eigenvalue weighted by Crippen LogP contribution is -2.21. The molecule has 0 aliphatic heterocycles. The van der Waals surface area contributed by atoms with Crippen LogP contribution in [0, 0.1) is 5.92 Å². The second kappa shape index (κ2) is 10.6. The van der Waals surface area contributed by atoms with Crippen LogP contribution in [-0.2, 0) is 9.53 Å². The van der Waals surface area contributed by atoms with Gasteiger partial charge in [-0.05, 0) is 19.3 Å². The summed E-state index contributed by atoms with van der Waals surface area (Å²) in [7, 11) is 0. The molecule has 2 heteroatoms. The minimum absolute atomic E-state index is 0.00592. The fraction of sp³-hybridized carbons (Fsp3) is 0.933. The summed E-state index contributed by atoms with van der Waals surface area (Å²) in [4.78, 5) is 11.5. The van der Waals surface area contributed by atoms with Gasteiger partial charge in [0.05, 0.1) is 5.92 Å². The van der Waals surface area contributed by atoms with Gasteiger partial charge in [0.15, 0.2) is 0 Å². The molecule has 0 saturated heterocycles. The SMILES string of the molecule is CCCCCCCCC(CC)OC(=O)C(C)C. The van der Waals surface area contributed by atoms with Gasteiger partial charge in [-0.1, -0.05) is 59.8 Å². The lowest BCUT2D eigenvalue weighted by atomic mass is 10.1. The second-order valence-electron chi connectivity index (χ2n) is 5.18. The zero-order valence-electron chi connectivity index (χ0n) is 12.1. The third-order valence-electron chi connectivity index (χ3n) is 3.09. The van der Waals surface area contributed by atoms with E-state index >= 15 is 0 Å². The monoisotopic (exact) mass is 242 g/mol. The first-order valence-electron chi connectivity index (χ1n) is 7.32. The van der Waals surface area contributed by atoms with Crippen LogP contribution in [0.4, 0.5) is 0 Å². The Morgan fingerprint density at radius 3 is 2.12 bits per heavy atom. The predicted octanol–water partition coefficient (Wildman–Crippen LogP) is 4.71. The molecule has 0 amide bonds. The van der Waals surface area contributed by atoms with Gasteiger partial charge in [0.1, 0.15) is 6.10 Å². The molecule has 0 aliphatic carbocycles. The lowest BCUT2D eigenvalue weighted by molar-refractivity contribution is -0.153. The van der Waals surface area contributed by atoms with E-state index in [2.05, 4.69) is 13.8 Å². The average Bonchev–Trinajstić information content (AvgIpc) is 2.31. The summed E-state index contributed by atoms with van der Waals surface area (Å²) in [5.41, 5.74) is 0. The molecule has 0 rings (SSSR count). The van der Waals surface area contributed by atoms with E-state index in [0.717, 1.165) is 12.8 Å².